The normalized spacial score (nSPS) is 12.4. The van der Waals surface area contributed by atoms with Crippen molar-refractivity contribution in [1.29, 1.82) is 0 Å². The zero-order valence-corrected chi connectivity index (χ0v) is 24.9. The van der Waals surface area contributed by atoms with Gasteiger partial charge in [-0.15, -0.1) is 0 Å². The second kappa shape index (κ2) is 13.3. The summed E-state index contributed by atoms with van der Waals surface area (Å²) in [7, 11) is -2.62. The fourth-order valence-corrected chi connectivity index (χ4v) is 6.01. The van der Waals surface area contributed by atoms with E-state index in [4.69, 9.17) is 11.6 Å². The molecule has 4 aromatic carbocycles. The van der Waals surface area contributed by atoms with E-state index in [1.165, 1.54) is 18.0 Å². The maximum absolute atomic E-state index is 14.0. The number of amides is 2. The minimum absolute atomic E-state index is 0.0757. The van der Waals surface area contributed by atoms with Crippen LogP contribution in [0.3, 0.4) is 0 Å². The fraction of sp³-hybridized carbons (Fsp3) is 0.250. The van der Waals surface area contributed by atoms with E-state index >= 15 is 0 Å². The predicted octanol–water partition coefficient (Wildman–Crippen LogP) is 5.28. The molecule has 1 atom stereocenters. The van der Waals surface area contributed by atoms with E-state index in [2.05, 4.69) is 5.32 Å². The Hall–Kier alpha value is -3.72. The molecule has 0 aliphatic rings. The van der Waals surface area contributed by atoms with Crippen molar-refractivity contribution in [3.63, 3.8) is 0 Å². The van der Waals surface area contributed by atoms with Crippen molar-refractivity contribution < 1.29 is 18.0 Å². The molecule has 41 heavy (non-hydrogen) atoms. The Kier molecular flexibility index (Phi) is 9.81. The van der Waals surface area contributed by atoms with Crippen LogP contribution in [-0.4, -0.2) is 55.1 Å². The molecule has 1 N–H and O–H groups in total. The lowest BCUT2D eigenvalue weighted by Crippen LogP contribution is -2.53. The molecular weight excluding hydrogens is 558 g/mol. The van der Waals surface area contributed by atoms with Gasteiger partial charge in [-0.1, -0.05) is 84.4 Å². The number of fused-ring (bicyclic) bond motifs is 1. The molecule has 4 rings (SSSR count). The summed E-state index contributed by atoms with van der Waals surface area (Å²) in [5.41, 5.74) is 1.60. The monoisotopic (exact) mass is 591 g/mol. The Balaban J connectivity index is 1.67. The lowest BCUT2D eigenvalue weighted by Gasteiger charge is -2.33. The molecule has 9 heteroatoms. The number of halogens is 1. The van der Waals surface area contributed by atoms with Crippen molar-refractivity contribution in [2.24, 2.45) is 0 Å². The number of carbonyl (C=O) groups excluding carboxylic acids is 2. The van der Waals surface area contributed by atoms with Gasteiger partial charge in [0.15, 0.2) is 0 Å². The van der Waals surface area contributed by atoms with Crippen LogP contribution in [0.25, 0.3) is 10.8 Å². The summed E-state index contributed by atoms with van der Waals surface area (Å²) in [4.78, 5) is 29.0. The van der Waals surface area contributed by atoms with E-state index in [0.29, 0.717) is 5.02 Å². The first-order chi connectivity index (χ1) is 19.5. The number of carbonyl (C=O) groups is 2. The number of sulfonamides is 1. The topological polar surface area (TPSA) is 86.8 Å². The molecule has 0 spiro atoms. The molecule has 214 valence electrons. The minimum atomic E-state index is -4.00. The van der Waals surface area contributed by atoms with Crippen molar-refractivity contribution in [1.82, 2.24) is 14.5 Å². The first-order valence-electron chi connectivity index (χ1n) is 13.4. The second-order valence-corrected chi connectivity index (χ2v) is 12.8. The van der Waals surface area contributed by atoms with Gasteiger partial charge in [0.25, 0.3) is 0 Å². The maximum Gasteiger partial charge on any atom is 0.243 e. The summed E-state index contributed by atoms with van der Waals surface area (Å²) in [6.45, 7) is 3.33. The Labute approximate surface area is 246 Å². The van der Waals surface area contributed by atoms with Gasteiger partial charge in [-0.05, 0) is 60.0 Å². The third-order valence-corrected chi connectivity index (χ3v) is 8.77. The maximum atomic E-state index is 14.0. The molecule has 0 aromatic heterocycles. The van der Waals surface area contributed by atoms with E-state index in [9.17, 15) is 18.0 Å². The fourth-order valence-electron chi connectivity index (χ4n) is 4.64. The number of benzene rings is 4. The van der Waals surface area contributed by atoms with Gasteiger partial charge in [-0.3, -0.25) is 9.59 Å². The summed E-state index contributed by atoms with van der Waals surface area (Å²) < 4.78 is 28.1. The smallest absolute Gasteiger partial charge is 0.243 e. The van der Waals surface area contributed by atoms with Crippen LogP contribution in [0.15, 0.2) is 102 Å². The van der Waals surface area contributed by atoms with Gasteiger partial charge in [0.05, 0.1) is 11.4 Å². The molecular formula is C32H34ClN3O4S. The number of likely N-dealkylation sites (N-methyl/N-ethyl adjacent to an activating group) is 1. The first-order valence-corrected chi connectivity index (χ1v) is 15.2. The van der Waals surface area contributed by atoms with Gasteiger partial charge in [0.2, 0.25) is 21.8 Å². The van der Waals surface area contributed by atoms with Crippen LogP contribution in [-0.2, 0) is 32.6 Å². The molecule has 0 heterocycles. The zero-order chi connectivity index (χ0) is 29.6. The van der Waals surface area contributed by atoms with E-state index < -0.39 is 28.5 Å². The largest absolute Gasteiger partial charge is 0.352 e. The summed E-state index contributed by atoms with van der Waals surface area (Å²) in [6, 6.07) is 27.8. The molecule has 0 radical (unpaired) electrons. The number of nitrogens with zero attached hydrogens (tertiary/aromatic N) is 2. The molecule has 0 saturated carbocycles. The zero-order valence-electron chi connectivity index (χ0n) is 23.3. The lowest BCUT2D eigenvalue weighted by molar-refractivity contribution is -0.141. The molecule has 0 aliphatic carbocycles. The molecule has 4 aromatic rings. The summed E-state index contributed by atoms with van der Waals surface area (Å²) in [5.74, 6) is -0.823. The van der Waals surface area contributed by atoms with E-state index in [1.807, 2.05) is 74.5 Å². The molecule has 0 saturated heterocycles. The number of nitrogens with one attached hydrogen (secondary N) is 1. The summed E-state index contributed by atoms with van der Waals surface area (Å²) >= 11 is 6.23. The average Bonchev–Trinajstić information content (AvgIpc) is 2.94. The molecule has 7 nitrogen and oxygen atoms in total. The standard InChI is InChI=1S/C32H34ClN3O4S/c1-23(2)34-32(38)30(19-24-10-5-4-6-11-24)36(21-25-12-9-15-28(33)18-25)31(37)22-35(3)41(39,40)29-17-16-26-13-7-8-14-27(26)20-29/h4-18,20,23,30H,19,21-22H2,1-3H3,(H,34,38)/t30-/m0/s1. The van der Waals surface area contributed by atoms with Crippen LogP contribution in [0.2, 0.25) is 5.02 Å². The number of rotatable bonds is 11. The van der Waals surface area contributed by atoms with Gasteiger partial charge in [-0.2, -0.15) is 4.31 Å². The highest BCUT2D eigenvalue weighted by atomic mass is 35.5. The second-order valence-electron chi connectivity index (χ2n) is 10.3. The van der Waals surface area contributed by atoms with Gasteiger partial charge in [-0.25, -0.2) is 8.42 Å². The predicted molar refractivity (Wildman–Crippen MR) is 163 cm³/mol. The van der Waals surface area contributed by atoms with Crippen molar-refractivity contribution in [2.75, 3.05) is 13.6 Å². The highest BCUT2D eigenvalue weighted by Gasteiger charge is 2.33. The Morgan fingerprint density at radius 2 is 1.49 bits per heavy atom. The molecule has 0 aliphatic heterocycles. The molecule has 0 fully saturated rings. The van der Waals surface area contributed by atoms with Gasteiger partial charge in [0.1, 0.15) is 6.04 Å². The molecule has 0 unspecified atom stereocenters. The van der Waals surface area contributed by atoms with Crippen molar-refractivity contribution in [3.05, 3.63) is 113 Å². The van der Waals surface area contributed by atoms with Crippen LogP contribution < -0.4 is 5.32 Å². The Bertz CT molecular complexity index is 1630. The molecule has 2 amide bonds. The number of hydrogen-bond donors (Lipinski definition) is 1. The summed E-state index contributed by atoms with van der Waals surface area (Å²) in [5, 5.41) is 5.12. The molecule has 0 bridgehead atoms. The Morgan fingerprint density at radius 3 is 2.17 bits per heavy atom. The number of hydrogen-bond acceptors (Lipinski definition) is 4. The van der Waals surface area contributed by atoms with E-state index in [0.717, 1.165) is 26.2 Å². The van der Waals surface area contributed by atoms with Crippen LogP contribution >= 0.6 is 11.6 Å². The van der Waals surface area contributed by atoms with E-state index in [-0.39, 0.29) is 29.8 Å². The average molecular weight is 592 g/mol. The Morgan fingerprint density at radius 1 is 0.829 bits per heavy atom. The van der Waals surface area contributed by atoms with Gasteiger partial charge < -0.3 is 10.2 Å². The highest BCUT2D eigenvalue weighted by molar-refractivity contribution is 7.89. The van der Waals surface area contributed by atoms with Crippen LogP contribution in [0.4, 0.5) is 0 Å². The highest BCUT2D eigenvalue weighted by Crippen LogP contribution is 2.23. The third kappa shape index (κ3) is 7.73. The SMILES string of the molecule is CC(C)NC(=O)[C@H](Cc1ccccc1)N(Cc1cccc(Cl)c1)C(=O)CN(C)S(=O)(=O)c1ccc2ccccc2c1. The van der Waals surface area contributed by atoms with Crippen molar-refractivity contribution >= 4 is 44.2 Å². The van der Waals surface area contributed by atoms with Crippen LogP contribution in [0, 0.1) is 0 Å². The minimum Gasteiger partial charge on any atom is -0.352 e. The van der Waals surface area contributed by atoms with Crippen molar-refractivity contribution in [2.45, 2.75) is 43.8 Å². The van der Waals surface area contributed by atoms with Gasteiger partial charge in [0, 0.05) is 31.1 Å². The first kappa shape index (κ1) is 30.2. The van der Waals surface area contributed by atoms with E-state index in [1.54, 1.807) is 30.3 Å². The van der Waals surface area contributed by atoms with Crippen LogP contribution in [0.5, 0.6) is 0 Å². The quantitative estimate of drug-likeness (QED) is 0.257. The van der Waals surface area contributed by atoms with Gasteiger partial charge >= 0.3 is 0 Å². The van der Waals surface area contributed by atoms with Crippen LogP contribution in [0.1, 0.15) is 25.0 Å². The lowest BCUT2D eigenvalue weighted by atomic mass is 10.0. The third-order valence-electron chi connectivity index (χ3n) is 6.73. The van der Waals surface area contributed by atoms with Crippen molar-refractivity contribution in [3.8, 4) is 0 Å². The summed E-state index contributed by atoms with van der Waals surface area (Å²) in [6.07, 6.45) is 0.257.